The average molecular weight is 157 g/mol. The number of carbonyl (C=O) groups is 2. The minimum absolute atomic E-state index is 0.147. The molecule has 1 unspecified atom stereocenters. The van der Waals surface area contributed by atoms with Gasteiger partial charge in [-0.2, -0.15) is 0 Å². The van der Waals surface area contributed by atoms with Crippen molar-refractivity contribution in [1.29, 1.82) is 0 Å². The summed E-state index contributed by atoms with van der Waals surface area (Å²) in [5.74, 6) is -0.307. The van der Waals surface area contributed by atoms with Crippen molar-refractivity contribution in [2.24, 2.45) is 5.92 Å². The van der Waals surface area contributed by atoms with Crippen LogP contribution in [0.1, 0.15) is 20.3 Å². The van der Waals surface area contributed by atoms with E-state index >= 15 is 0 Å². The highest BCUT2D eigenvalue weighted by molar-refractivity contribution is 5.95. The maximum absolute atomic E-state index is 10.9. The van der Waals surface area contributed by atoms with Crippen molar-refractivity contribution in [2.45, 2.75) is 26.3 Å². The Labute approximate surface area is 64.9 Å². The Morgan fingerprint density at radius 2 is 2.27 bits per heavy atom. The van der Waals surface area contributed by atoms with Gasteiger partial charge in [0, 0.05) is 0 Å². The van der Waals surface area contributed by atoms with Gasteiger partial charge in [0.25, 0.3) is 0 Å². The zero-order valence-electron chi connectivity index (χ0n) is 6.59. The molecule has 0 aromatic carbocycles. The van der Waals surface area contributed by atoms with Crippen molar-refractivity contribution in [2.75, 3.05) is 0 Å². The fraction of sp³-hybridized carbons (Fsp3) is 0.714. The van der Waals surface area contributed by atoms with Crippen molar-refractivity contribution in [3.8, 4) is 0 Å². The molecule has 1 saturated heterocycles. The molecule has 1 rings (SSSR count). The second-order valence-corrected chi connectivity index (χ2v) is 2.72. The van der Waals surface area contributed by atoms with E-state index in [1.165, 1.54) is 0 Å². The Balaban J connectivity index is 2.59. The van der Waals surface area contributed by atoms with Gasteiger partial charge in [0.1, 0.15) is 6.04 Å². The number of nitrogens with one attached hydrogen (secondary N) is 1. The lowest BCUT2D eigenvalue weighted by atomic mass is 10.0. The molecule has 4 heteroatoms. The van der Waals surface area contributed by atoms with E-state index < -0.39 is 18.1 Å². The third-order valence-corrected chi connectivity index (χ3v) is 1.93. The first-order valence-electron chi connectivity index (χ1n) is 3.67. The van der Waals surface area contributed by atoms with E-state index in [4.69, 9.17) is 0 Å². The molecule has 4 nitrogen and oxygen atoms in total. The minimum Gasteiger partial charge on any atom is -0.375 e. The molecule has 1 aliphatic rings. The van der Waals surface area contributed by atoms with Gasteiger partial charge in [-0.15, -0.1) is 0 Å². The summed E-state index contributed by atoms with van der Waals surface area (Å²) in [7, 11) is 0. The summed E-state index contributed by atoms with van der Waals surface area (Å²) >= 11 is 0. The molecular formula is C7H11NO3. The molecular weight excluding hydrogens is 146 g/mol. The van der Waals surface area contributed by atoms with Crippen LogP contribution in [0.5, 0.6) is 0 Å². The van der Waals surface area contributed by atoms with Crippen molar-refractivity contribution in [1.82, 2.24) is 5.32 Å². The highest BCUT2D eigenvalue weighted by atomic mass is 16.6. The van der Waals surface area contributed by atoms with Gasteiger partial charge in [0.15, 0.2) is 0 Å². The van der Waals surface area contributed by atoms with Gasteiger partial charge in [-0.1, -0.05) is 20.3 Å². The van der Waals surface area contributed by atoms with E-state index in [2.05, 4.69) is 10.1 Å². The van der Waals surface area contributed by atoms with Crippen LogP contribution < -0.4 is 5.32 Å². The topological polar surface area (TPSA) is 55.4 Å². The van der Waals surface area contributed by atoms with Crippen LogP contribution in [0.3, 0.4) is 0 Å². The summed E-state index contributed by atoms with van der Waals surface area (Å²) in [6.45, 7) is 3.86. The molecule has 0 spiro atoms. The van der Waals surface area contributed by atoms with E-state index in [0.717, 1.165) is 6.42 Å². The fourth-order valence-electron chi connectivity index (χ4n) is 0.980. The van der Waals surface area contributed by atoms with Crippen LogP contribution in [0.25, 0.3) is 0 Å². The van der Waals surface area contributed by atoms with Gasteiger partial charge >= 0.3 is 12.1 Å². The lowest BCUT2D eigenvalue weighted by Gasteiger charge is -2.11. The van der Waals surface area contributed by atoms with Gasteiger partial charge < -0.3 is 10.1 Å². The van der Waals surface area contributed by atoms with Crippen molar-refractivity contribution in [3.05, 3.63) is 0 Å². The number of alkyl carbamates (subject to hydrolysis) is 1. The molecule has 0 aromatic heterocycles. The molecule has 1 heterocycles. The lowest BCUT2D eigenvalue weighted by molar-refractivity contribution is -0.136. The molecule has 1 N–H and O–H groups in total. The van der Waals surface area contributed by atoms with Crippen LogP contribution >= 0.6 is 0 Å². The Morgan fingerprint density at radius 3 is 2.64 bits per heavy atom. The first-order chi connectivity index (χ1) is 5.15. The molecule has 2 atom stereocenters. The predicted molar refractivity (Wildman–Crippen MR) is 37.9 cm³/mol. The number of rotatable bonds is 2. The summed E-state index contributed by atoms with van der Waals surface area (Å²) in [6.07, 6.45) is 0.223. The number of amides is 1. The number of cyclic esters (lactones) is 2. The van der Waals surface area contributed by atoms with Gasteiger partial charge in [-0.25, -0.2) is 9.59 Å². The number of esters is 1. The van der Waals surface area contributed by atoms with Crippen molar-refractivity contribution in [3.63, 3.8) is 0 Å². The van der Waals surface area contributed by atoms with E-state index in [-0.39, 0.29) is 5.92 Å². The van der Waals surface area contributed by atoms with E-state index in [1.807, 2.05) is 13.8 Å². The third kappa shape index (κ3) is 1.50. The van der Waals surface area contributed by atoms with Gasteiger partial charge in [-0.3, -0.25) is 0 Å². The number of hydrogen-bond donors (Lipinski definition) is 1. The standard InChI is InChI=1S/C7H11NO3/c1-3-4(2)5-6(9)11-7(10)8-5/h4-5H,3H2,1-2H3,(H,8,10)/t4?,5-/m0/s1. The van der Waals surface area contributed by atoms with Gasteiger partial charge in [0.2, 0.25) is 0 Å². The second kappa shape index (κ2) is 2.90. The highest BCUT2D eigenvalue weighted by Crippen LogP contribution is 2.13. The summed E-state index contributed by atoms with van der Waals surface area (Å²) in [5.41, 5.74) is 0. The summed E-state index contributed by atoms with van der Waals surface area (Å²) < 4.78 is 4.31. The number of ether oxygens (including phenoxy) is 1. The maximum atomic E-state index is 10.9. The first-order valence-corrected chi connectivity index (χ1v) is 3.67. The Morgan fingerprint density at radius 1 is 1.64 bits per heavy atom. The van der Waals surface area contributed by atoms with Gasteiger partial charge in [0.05, 0.1) is 0 Å². The second-order valence-electron chi connectivity index (χ2n) is 2.72. The maximum Gasteiger partial charge on any atom is 0.415 e. The molecule has 62 valence electrons. The Hall–Kier alpha value is -1.06. The minimum atomic E-state index is -0.625. The number of carbonyl (C=O) groups excluding carboxylic acids is 2. The third-order valence-electron chi connectivity index (χ3n) is 1.93. The summed E-state index contributed by atoms with van der Waals surface area (Å²) in [6, 6.07) is -0.438. The molecule has 11 heavy (non-hydrogen) atoms. The van der Waals surface area contributed by atoms with Crippen molar-refractivity contribution < 1.29 is 14.3 Å². The SMILES string of the molecule is CCC(C)[C@@H]1NC(=O)OC1=O. The van der Waals surface area contributed by atoms with Crippen LogP contribution in [-0.2, 0) is 9.53 Å². The molecule has 0 bridgehead atoms. The first kappa shape index (κ1) is 8.04. The van der Waals surface area contributed by atoms with Gasteiger partial charge in [-0.05, 0) is 5.92 Å². The van der Waals surface area contributed by atoms with Crippen LogP contribution in [0, 0.1) is 5.92 Å². The molecule has 0 radical (unpaired) electrons. The van der Waals surface area contributed by atoms with Crippen LogP contribution in [0.15, 0.2) is 0 Å². The van der Waals surface area contributed by atoms with Crippen LogP contribution in [-0.4, -0.2) is 18.1 Å². The quantitative estimate of drug-likeness (QED) is 0.473. The molecule has 0 saturated carbocycles. The number of hydrogen-bond acceptors (Lipinski definition) is 3. The molecule has 1 amide bonds. The predicted octanol–water partition coefficient (Wildman–Crippen LogP) is 0.667. The van der Waals surface area contributed by atoms with Crippen molar-refractivity contribution >= 4 is 12.1 Å². The molecule has 1 aliphatic heterocycles. The monoisotopic (exact) mass is 157 g/mol. The van der Waals surface area contributed by atoms with E-state index in [0.29, 0.717) is 0 Å². The fourth-order valence-corrected chi connectivity index (χ4v) is 0.980. The smallest absolute Gasteiger partial charge is 0.375 e. The van der Waals surface area contributed by atoms with Crippen LogP contribution in [0.4, 0.5) is 4.79 Å². The van der Waals surface area contributed by atoms with E-state index in [9.17, 15) is 9.59 Å². The molecule has 0 aliphatic carbocycles. The largest absolute Gasteiger partial charge is 0.415 e. The Bertz CT molecular complexity index is 190. The lowest BCUT2D eigenvalue weighted by Crippen LogP contribution is -2.34. The highest BCUT2D eigenvalue weighted by Gasteiger charge is 2.35. The molecule has 0 aromatic rings. The summed E-state index contributed by atoms with van der Waals surface area (Å²) in [4.78, 5) is 21.4. The average Bonchev–Trinajstić information content (AvgIpc) is 2.28. The van der Waals surface area contributed by atoms with E-state index in [1.54, 1.807) is 0 Å². The van der Waals surface area contributed by atoms with Crippen LogP contribution in [0.2, 0.25) is 0 Å². The zero-order chi connectivity index (χ0) is 8.43. The summed E-state index contributed by atoms with van der Waals surface area (Å²) in [5, 5.41) is 2.44. The normalized spacial score (nSPS) is 26.2. The Kier molecular flexibility index (Phi) is 2.12. The molecule has 1 fully saturated rings. The zero-order valence-corrected chi connectivity index (χ0v) is 6.59.